The minimum absolute atomic E-state index is 0.0569. The molecule has 2 aliphatic rings. The average Bonchev–Trinajstić information content (AvgIpc) is 3.35. The molecular weight excluding hydrogens is 316 g/mol. The lowest BCUT2D eigenvalue weighted by Crippen LogP contribution is -2.47. The Hall–Kier alpha value is -2.67. The summed E-state index contributed by atoms with van der Waals surface area (Å²) >= 11 is 0. The molecule has 4 rings (SSSR count). The van der Waals surface area contributed by atoms with Crippen molar-refractivity contribution in [3.63, 3.8) is 0 Å². The zero-order valence-corrected chi connectivity index (χ0v) is 14.1. The van der Waals surface area contributed by atoms with Crippen molar-refractivity contribution in [2.75, 3.05) is 31.5 Å². The smallest absolute Gasteiger partial charge is 0.321 e. The number of hydrogen-bond acceptors (Lipinski definition) is 4. The van der Waals surface area contributed by atoms with Gasteiger partial charge in [-0.25, -0.2) is 14.5 Å². The summed E-state index contributed by atoms with van der Waals surface area (Å²) in [6, 6.07) is 6.17. The Labute approximate surface area is 146 Å². The second-order valence-electron chi connectivity index (χ2n) is 6.44. The van der Waals surface area contributed by atoms with Gasteiger partial charge in [0, 0.05) is 38.4 Å². The monoisotopic (exact) mass is 338 g/mol. The zero-order valence-electron chi connectivity index (χ0n) is 14.1. The van der Waals surface area contributed by atoms with Gasteiger partial charge in [-0.3, -0.25) is 4.90 Å². The second kappa shape index (κ2) is 7.06. The van der Waals surface area contributed by atoms with Crippen LogP contribution in [0.5, 0.6) is 0 Å². The topological polar surface area (TPSA) is 66.3 Å². The molecule has 1 fully saturated rings. The Morgan fingerprint density at radius 3 is 2.68 bits per heavy atom. The van der Waals surface area contributed by atoms with E-state index in [1.807, 2.05) is 23.1 Å². The number of carbonyl (C=O) groups excluding carboxylic acids is 1. The molecule has 130 valence electrons. The number of urea groups is 1. The molecule has 0 saturated carbocycles. The number of piperidine rings is 1. The number of rotatable bonds is 3. The summed E-state index contributed by atoms with van der Waals surface area (Å²) in [6.07, 6.45) is 11.6. The van der Waals surface area contributed by atoms with Gasteiger partial charge in [0.05, 0.1) is 18.1 Å². The number of likely N-dealkylation sites (tertiary alicyclic amines) is 1. The first-order valence-electron chi connectivity index (χ1n) is 8.71. The highest BCUT2D eigenvalue weighted by molar-refractivity contribution is 5.89. The Morgan fingerprint density at radius 1 is 1.16 bits per heavy atom. The average molecular weight is 338 g/mol. The summed E-state index contributed by atoms with van der Waals surface area (Å²) < 4.78 is 1.65. The van der Waals surface area contributed by atoms with E-state index in [-0.39, 0.29) is 6.03 Å². The fraction of sp³-hybridized carbons (Fsp3) is 0.389. The van der Waals surface area contributed by atoms with E-state index in [9.17, 15) is 4.79 Å². The Balaban J connectivity index is 1.31. The lowest BCUT2D eigenvalue weighted by atomic mass is 10.0. The lowest BCUT2D eigenvalue weighted by molar-refractivity contribution is 0.144. The molecule has 0 unspecified atom stereocenters. The van der Waals surface area contributed by atoms with Crippen molar-refractivity contribution in [3.8, 4) is 5.82 Å². The number of amides is 2. The molecule has 0 radical (unpaired) electrons. The predicted molar refractivity (Wildman–Crippen MR) is 95.7 cm³/mol. The molecule has 2 aliphatic heterocycles. The number of pyridine rings is 1. The van der Waals surface area contributed by atoms with Crippen LogP contribution in [0.4, 0.5) is 10.5 Å². The van der Waals surface area contributed by atoms with Crippen molar-refractivity contribution in [2.24, 2.45) is 0 Å². The molecular formula is C18H22N6O. The minimum atomic E-state index is -0.0569. The summed E-state index contributed by atoms with van der Waals surface area (Å²) in [5, 5.41) is 7.19. The number of aromatic nitrogens is 3. The van der Waals surface area contributed by atoms with Crippen LogP contribution in [0.2, 0.25) is 0 Å². The van der Waals surface area contributed by atoms with Crippen LogP contribution < -0.4 is 5.32 Å². The molecule has 7 nitrogen and oxygen atoms in total. The summed E-state index contributed by atoms with van der Waals surface area (Å²) in [5.74, 6) is 0.725. The van der Waals surface area contributed by atoms with Crippen molar-refractivity contribution in [3.05, 3.63) is 48.9 Å². The number of nitrogens with zero attached hydrogens (tertiary/aromatic N) is 5. The van der Waals surface area contributed by atoms with Gasteiger partial charge < -0.3 is 10.2 Å². The van der Waals surface area contributed by atoms with Crippen LogP contribution in [-0.4, -0.2) is 62.8 Å². The Kier molecular flexibility index (Phi) is 4.47. The first-order valence-corrected chi connectivity index (χ1v) is 8.71. The first-order chi connectivity index (χ1) is 12.3. The summed E-state index contributed by atoms with van der Waals surface area (Å²) in [5.41, 5.74) is 0.682. The quantitative estimate of drug-likeness (QED) is 0.871. The van der Waals surface area contributed by atoms with Crippen LogP contribution in [0.3, 0.4) is 0 Å². The van der Waals surface area contributed by atoms with Crippen LogP contribution in [0.25, 0.3) is 5.82 Å². The van der Waals surface area contributed by atoms with E-state index < -0.39 is 0 Å². The third-order valence-corrected chi connectivity index (χ3v) is 4.83. The number of carbonyl (C=O) groups is 1. The van der Waals surface area contributed by atoms with Gasteiger partial charge in [-0.05, 0) is 25.0 Å². The van der Waals surface area contributed by atoms with Gasteiger partial charge in [0.2, 0.25) is 0 Å². The molecule has 0 bridgehead atoms. The van der Waals surface area contributed by atoms with Crippen molar-refractivity contribution in [1.82, 2.24) is 24.6 Å². The van der Waals surface area contributed by atoms with Crippen LogP contribution >= 0.6 is 0 Å². The molecule has 4 heterocycles. The molecule has 0 aromatic carbocycles. The van der Waals surface area contributed by atoms with E-state index in [0.29, 0.717) is 11.7 Å². The molecule has 0 spiro atoms. The van der Waals surface area contributed by atoms with E-state index in [0.717, 1.165) is 44.8 Å². The minimum Gasteiger partial charge on any atom is -0.324 e. The van der Waals surface area contributed by atoms with Crippen LogP contribution in [0.15, 0.2) is 48.9 Å². The van der Waals surface area contributed by atoms with Crippen LogP contribution in [-0.2, 0) is 0 Å². The van der Waals surface area contributed by atoms with E-state index in [1.165, 1.54) is 0 Å². The number of hydrogen-bond donors (Lipinski definition) is 1. The van der Waals surface area contributed by atoms with Gasteiger partial charge in [-0.1, -0.05) is 18.2 Å². The summed E-state index contributed by atoms with van der Waals surface area (Å²) in [4.78, 5) is 21.1. The molecule has 7 heteroatoms. The summed E-state index contributed by atoms with van der Waals surface area (Å²) in [6.45, 7) is 3.68. The number of nitrogens with one attached hydrogen (secondary N) is 1. The maximum atomic E-state index is 12.5. The van der Waals surface area contributed by atoms with Gasteiger partial charge >= 0.3 is 6.03 Å². The van der Waals surface area contributed by atoms with Crippen molar-refractivity contribution in [2.45, 2.75) is 18.9 Å². The predicted octanol–water partition coefficient (Wildman–Crippen LogP) is 2.14. The molecule has 2 aromatic rings. The fourth-order valence-corrected chi connectivity index (χ4v) is 3.43. The maximum absolute atomic E-state index is 12.5. The lowest BCUT2D eigenvalue weighted by Gasteiger charge is -2.36. The third-order valence-electron chi connectivity index (χ3n) is 4.83. The highest BCUT2D eigenvalue weighted by Crippen LogP contribution is 2.19. The number of anilines is 1. The SMILES string of the molecule is O=C(Nc1cnn(-c2ccccn2)c1)N1CCC(N2CC=CC2)CC1. The normalized spacial score (nSPS) is 18.6. The van der Waals surface area contributed by atoms with Crippen molar-refractivity contribution < 1.29 is 4.79 Å². The van der Waals surface area contributed by atoms with Crippen LogP contribution in [0.1, 0.15) is 12.8 Å². The molecule has 0 aliphatic carbocycles. The van der Waals surface area contributed by atoms with Crippen LogP contribution in [0, 0.1) is 0 Å². The molecule has 1 N–H and O–H groups in total. The molecule has 0 atom stereocenters. The van der Waals surface area contributed by atoms with E-state index in [1.54, 1.807) is 23.3 Å². The van der Waals surface area contributed by atoms with Gasteiger partial charge in [0.15, 0.2) is 5.82 Å². The standard InChI is InChI=1S/C18H22N6O/c25-18(23-11-6-16(7-12-23)22-9-3-4-10-22)21-15-13-20-24(14-15)17-5-1-2-8-19-17/h1-5,8,13-14,16H,6-7,9-12H2,(H,21,25). The highest BCUT2D eigenvalue weighted by atomic mass is 16.2. The van der Waals surface area contributed by atoms with E-state index in [4.69, 9.17) is 0 Å². The van der Waals surface area contributed by atoms with Gasteiger partial charge in [-0.15, -0.1) is 0 Å². The highest BCUT2D eigenvalue weighted by Gasteiger charge is 2.27. The second-order valence-corrected chi connectivity index (χ2v) is 6.44. The van der Waals surface area contributed by atoms with Crippen molar-refractivity contribution in [1.29, 1.82) is 0 Å². The Bertz CT molecular complexity index is 740. The maximum Gasteiger partial charge on any atom is 0.321 e. The molecule has 2 amide bonds. The van der Waals surface area contributed by atoms with Gasteiger partial charge in [0.25, 0.3) is 0 Å². The zero-order chi connectivity index (χ0) is 17.1. The fourth-order valence-electron chi connectivity index (χ4n) is 3.43. The molecule has 25 heavy (non-hydrogen) atoms. The largest absolute Gasteiger partial charge is 0.324 e. The van der Waals surface area contributed by atoms with E-state index in [2.05, 4.69) is 32.5 Å². The molecule has 1 saturated heterocycles. The van der Waals surface area contributed by atoms with E-state index >= 15 is 0 Å². The van der Waals surface area contributed by atoms with Gasteiger partial charge in [-0.2, -0.15) is 5.10 Å². The third kappa shape index (κ3) is 3.56. The summed E-state index contributed by atoms with van der Waals surface area (Å²) in [7, 11) is 0. The van der Waals surface area contributed by atoms with Gasteiger partial charge in [0.1, 0.15) is 0 Å². The van der Waals surface area contributed by atoms with Crippen molar-refractivity contribution >= 4 is 11.7 Å². The molecule has 2 aromatic heterocycles. The first kappa shape index (κ1) is 15.8. The Morgan fingerprint density at radius 2 is 1.96 bits per heavy atom.